The number of fused-ring (bicyclic) bond motifs is 2. The second-order valence-corrected chi connectivity index (χ2v) is 4.18. The van der Waals surface area contributed by atoms with E-state index in [4.69, 9.17) is 5.73 Å². The molecular formula is C10H20N4. The predicted octanol–water partition coefficient (Wildman–Crippen LogP) is 0.101. The molecule has 2 saturated heterocycles. The van der Waals surface area contributed by atoms with E-state index in [9.17, 15) is 0 Å². The quantitative estimate of drug-likeness (QED) is 0.503. The van der Waals surface area contributed by atoms with Gasteiger partial charge < -0.3 is 10.6 Å². The first-order valence-corrected chi connectivity index (χ1v) is 5.60. The fraction of sp³-hybridized carbons (Fsp3) is 0.900. The SMILES string of the molecule is CCCN=C(N)N1CCN2CCC1C2. The highest BCUT2D eigenvalue weighted by Crippen LogP contribution is 2.19. The Balaban J connectivity index is 1.96. The first-order chi connectivity index (χ1) is 6.81. The fourth-order valence-electron chi connectivity index (χ4n) is 2.32. The van der Waals surface area contributed by atoms with Crippen LogP contribution in [0, 0.1) is 0 Å². The van der Waals surface area contributed by atoms with Gasteiger partial charge in [0.25, 0.3) is 0 Å². The molecule has 2 rings (SSSR count). The van der Waals surface area contributed by atoms with Crippen molar-refractivity contribution in [3.63, 3.8) is 0 Å². The molecule has 2 atom stereocenters. The van der Waals surface area contributed by atoms with Gasteiger partial charge in [0, 0.05) is 38.8 Å². The Labute approximate surface area is 85.8 Å². The Morgan fingerprint density at radius 2 is 2.29 bits per heavy atom. The van der Waals surface area contributed by atoms with Gasteiger partial charge in [0.15, 0.2) is 5.96 Å². The Bertz CT molecular complexity index is 226. The summed E-state index contributed by atoms with van der Waals surface area (Å²) in [5, 5.41) is 0. The molecule has 2 fully saturated rings. The standard InChI is InChI=1S/C10H20N4/c1-2-4-12-10(11)14-7-6-13-5-3-9(14)8-13/h9H,2-8H2,1H3,(H2,11,12). The maximum absolute atomic E-state index is 5.98. The molecule has 2 aliphatic rings. The lowest BCUT2D eigenvalue weighted by atomic mass is 10.2. The van der Waals surface area contributed by atoms with Crippen LogP contribution in [0.2, 0.25) is 0 Å². The van der Waals surface area contributed by atoms with Gasteiger partial charge in [-0.05, 0) is 12.8 Å². The monoisotopic (exact) mass is 196 g/mol. The third-order valence-electron chi connectivity index (χ3n) is 3.14. The number of hydrogen-bond donors (Lipinski definition) is 1. The molecule has 4 nitrogen and oxygen atoms in total. The Kier molecular flexibility index (Phi) is 2.91. The molecule has 2 N–H and O–H groups in total. The van der Waals surface area contributed by atoms with E-state index in [0.29, 0.717) is 6.04 Å². The third kappa shape index (κ3) is 1.85. The van der Waals surface area contributed by atoms with Gasteiger partial charge in [-0.3, -0.25) is 9.89 Å². The summed E-state index contributed by atoms with van der Waals surface area (Å²) in [5.41, 5.74) is 5.98. The van der Waals surface area contributed by atoms with Gasteiger partial charge in [-0.25, -0.2) is 0 Å². The summed E-state index contributed by atoms with van der Waals surface area (Å²) in [4.78, 5) is 9.18. The zero-order valence-electron chi connectivity index (χ0n) is 8.95. The molecule has 0 radical (unpaired) electrons. The molecule has 4 heteroatoms. The molecule has 0 aliphatic carbocycles. The van der Waals surface area contributed by atoms with Gasteiger partial charge in [0.05, 0.1) is 0 Å². The van der Waals surface area contributed by atoms with Crippen LogP contribution >= 0.6 is 0 Å². The van der Waals surface area contributed by atoms with Crippen molar-refractivity contribution in [1.29, 1.82) is 0 Å². The molecule has 2 aliphatic heterocycles. The van der Waals surface area contributed by atoms with E-state index in [2.05, 4.69) is 21.7 Å². The number of guanidine groups is 1. The van der Waals surface area contributed by atoms with Gasteiger partial charge in [-0.1, -0.05) is 6.92 Å². The van der Waals surface area contributed by atoms with Gasteiger partial charge in [0.2, 0.25) is 0 Å². The van der Waals surface area contributed by atoms with E-state index >= 15 is 0 Å². The molecule has 2 heterocycles. The maximum Gasteiger partial charge on any atom is 0.191 e. The molecule has 0 saturated carbocycles. The average molecular weight is 196 g/mol. The smallest absolute Gasteiger partial charge is 0.191 e. The summed E-state index contributed by atoms with van der Waals surface area (Å²) < 4.78 is 0. The van der Waals surface area contributed by atoms with Gasteiger partial charge in [-0.2, -0.15) is 0 Å². The number of hydrogen-bond acceptors (Lipinski definition) is 2. The lowest BCUT2D eigenvalue weighted by Crippen LogP contribution is -2.52. The van der Waals surface area contributed by atoms with Crippen LogP contribution < -0.4 is 5.73 Å². The normalized spacial score (nSPS) is 32.4. The number of aliphatic imine (C=N–C) groups is 1. The highest BCUT2D eigenvalue weighted by atomic mass is 15.4. The van der Waals surface area contributed by atoms with Gasteiger partial charge in [-0.15, -0.1) is 0 Å². The topological polar surface area (TPSA) is 44.9 Å². The number of nitrogens with two attached hydrogens (primary N) is 1. The Morgan fingerprint density at radius 3 is 3.07 bits per heavy atom. The summed E-state index contributed by atoms with van der Waals surface area (Å²) in [6, 6.07) is 0.629. The fourth-order valence-corrected chi connectivity index (χ4v) is 2.32. The molecular weight excluding hydrogens is 176 g/mol. The Morgan fingerprint density at radius 1 is 1.43 bits per heavy atom. The molecule has 0 amide bonds. The lowest BCUT2D eigenvalue weighted by molar-refractivity contribution is 0.203. The number of nitrogens with zero attached hydrogens (tertiary/aromatic N) is 3. The summed E-state index contributed by atoms with van der Waals surface area (Å²) in [6.07, 6.45) is 2.33. The van der Waals surface area contributed by atoms with E-state index < -0.39 is 0 Å². The minimum Gasteiger partial charge on any atom is -0.370 e. The van der Waals surface area contributed by atoms with Crippen molar-refractivity contribution >= 4 is 5.96 Å². The minimum atomic E-state index is 0.629. The van der Waals surface area contributed by atoms with E-state index in [1.54, 1.807) is 0 Å². The van der Waals surface area contributed by atoms with Crippen molar-refractivity contribution < 1.29 is 0 Å². The zero-order valence-corrected chi connectivity index (χ0v) is 8.95. The Hall–Kier alpha value is -0.770. The van der Waals surface area contributed by atoms with Crippen LogP contribution in [-0.4, -0.2) is 54.5 Å². The highest BCUT2D eigenvalue weighted by molar-refractivity contribution is 5.78. The van der Waals surface area contributed by atoms with Crippen LogP contribution in [0.5, 0.6) is 0 Å². The number of piperazine rings is 1. The largest absolute Gasteiger partial charge is 0.370 e. The van der Waals surface area contributed by atoms with Gasteiger partial charge in [0.1, 0.15) is 0 Å². The van der Waals surface area contributed by atoms with E-state index in [1.807, 2.05) is 0 Å². The van der Waals surface area contributed by atoms with Crippen LogP contribution in [0.4, 0.5) is 0 Å². The minimum absolute atomic E-state index is 0.629. The van der Waals surface area contributed by atoms with E-state index in [1.165, 1.54) is 19.5 Å². The first-order valence-electron chi connectivity index (χ1n) is 5.60. The van der Waals surface area contributed by atoms with Gasteiger partial charge >= 0.3 is 0 Å². The van der Waals surface area contributed by atoms with Crippen molar-refractivity contribution in [2.75, 3.05) is 32.7 Å². The first kappa shape index (κ1) is 9.77. The van der Waals surface area contributed by atoms with Crippen LogP contribution in [0.25, 0.3) is 0 Å². The molecule has 0 aromatic carbocycles. The summed E-state index contributed by atoms with van der Waals surface area (Å²) in [7, 11) is 0. The molecule has 0 aromatic heterocycles. The van der Waals surface area contributed by atoms with E-state index in [0.717, 1.165) is 32.0 Å². The zero-order chi connectivity index (χ0) is 9.97. The van der Waals surface area contributed by atoms with Crippen LogP contribution in [0.3, 0.4) is 0 Å². The van der Waals surface area contributed by atoms with Crippen molar-refractivity contribution in [1.82, 2.24) is 9.80 Å². The molecule has 0 spiro atoms. The summed E-state index contributed by atoms with van der Waals surface area (Å²) in [6.45, 7) is 7.62. The third-order valence-corrected chi connectivity index (χ3v) is 3.14. The average Bonchev–Trinajstić information content (AvgIpc) is 2.57. The van der Waals surface area contributed by atoms with Crippen molar-refractivity contribution in [2.24, 2.45) is 10.7 Å². The van der Waals surface area contributed by atoms with E-state index in [-0.39, 0.29) is 0 Å². The molecule has 2 unspecified atom stereocenters. The van der Waals surface area contributed by atoms with Crippen molar-refractivity contribution in [2.45, 2.75) is 25.8 Å². The molecule has 14 heavy (non-hydrogen) atoms. The number of rotatable bonds is 2. The van der Waals surface area contributed by atoms with Crippen LogP contribution in [0.1, 0.15) is 19.8 Å². The molecule has 80 valence electrons. The summed E-state index contributed by atoms with van der Waals surface area (Å²) in [5.74, 6) is 0.762. The lowest BCUT2D eigenvalue weighted by Gasteiger charge is -2.35. The molecule has 0 aromatic rings. The predicted molar refractivity (Wildman–Crippen MR) is 58.3 cm³/mol. The second kappa shape index (κ2) is 4.17. The molecule has 2 bridgehead atoms. The van der Waals surface area contributed by atoms with Crippen molar-refractivity contribution in [3.05, 3.63) is 0 Å². The second-order valence-electron chi connectivity index (χ2n) is 4.18. The highest BCUT2D eigenvalue weighted by Gasteiger charge is 2.33. The summed E-state index contributed by atoms with van der Waals surface area (Å²) >= 11 is 0. The van der Waals surface area contributed by atoms with Crippen LogP contribution in [0.15, 0.2) is 4.99 Å². The maximum atomic E-state index is 5.98. The van der Waals surface area contributed by atoms with Crippen molar-refractivity contribution in [3.8, 4) is 0 Å². The van der Waals surface area contributed by atoms with Crippen LogP contribution in [-0.2, 0) is 0 Å².